The third-order valence-corrected chi connectivity index (χ3v) is 13.0. The average Bonchev–Trinajstić information content (AvgIpc) is 3.40. The smallest absolute Gasteiger partial charge is 0.248 e. The minimum Gasteiger partial charge on any atom is -0.311 e. The van der Waals surface area contributed by atoms with Gasteiger partial charge in [0.05, 0.1) is 0 Å². The second kappa shape index (κ2) is 9.78. The second-order valence-electron chi connectivity index (χ2n) is 17.9. The molecule has 2 heterocycles. The van der Waals surface area contributed by atoms with Gasteiger partial charge in [-0.1, -0.05) is 128 Å². The number of benzene rings is 5. The molecular formula is C46H48BN. The van der Waals surface area contributed by atoms with Gasteiger partial charge >= 0.3 is 0 Å². The molecule has 48 heavy (non-hydrogen) atoms. The quantitative estimate of drug-likeness (QED) is 0.173. The van der Waals surface area contributed by atoms with Crippen LogP contribution in [-0.2, 0) is 21.7 Å². The van der Waals surface area contributed by atoms with Crippen LogP contribution in [0.3, 0.4) is 0 Å². The van der Waals surface area contributed by atoms with Crippen molar-refractivity contribution in [2.24, 2.45) is 0 Å². The van der Waals surface area contributed by atoms with Crippen molar-refractivity contribution in [1.29, 1.82) is 0 Å². The molecule has 4 aliphatic rings. The number of hydrogen-bond donors (Lipinski definition) is 0. The van der Waals surface area contributed by atoms with E-state index in [1.54, 1.807) is 5.56 Å². The molecule has 1 nitrogen and oxygen atoms in total. The van der Waals surface area contributed by atoms with E-state index in [1.165, 1.54) is 98.1 Å². The standard InChI is InChI=1S/C46H48BN/c1-43(2)20-21-44(3,4)35-26-31(18-19-34(35)43)48-40-28-37-36(45(5,6)22-23-46(37,7)8)27-39(40)47-38-17-13-12-16-32(38)33-24-30(25-41(48)42(33)47)29-14-10-9-11-15-29/h9-19,24-28H,20-23H2,1-8H3. The van der Waals surface area contributed by atoms with Crippen molar-refractivity contribution in [2.45, 2.75) is 103 Å². The van der Waals surface area contributed by atoms with E-state index in [2.05, 4.69) is 157 Å². The largest absolute Gasteiger partial charge is 0.311 e. The first-order chi connectivity index (χ1) is 22.8. The molecule has 0 amide bonds. The summed E-state index contributed by atoms with van der Waals surface area (Å²) in [5.41, 5.74) is 20.4. The highest BCUT2D eigenvalue weighted by Gasteiger charge is 2.46. The van der Waals surface area contributed by atoms with E-state index in [0.717, 1.165) is 0 Å². The fourth-order valence-corrected chi connectivity index (χ4v) is 9.79. The summed E-state index contributed by atoms with van der Waals surface area (Å²) in [7, 11) is 0. The zero-order valence-corrected chi connectivity index (χ0v) is 30.1. The highest BCUT2D eigenvalue weighted by molar-refractivity contribution is 7.01. The molecule has 0 saturated carbocycles. The summed E-state index contributed by atoms with van der Waals surface area (Å²) in [6.45, 7) is 19.9. The Balaban J connectivity index is 1.39. The molecule has 2 aliphatic heterocycles. The lowest BCUT2D eigenvalue weighted by Crippen LogP contribution is -2.55. The zero-order chi connectivity index (χ0) is 33.4. The third kappa shape index (κ3) is 4.17. The minimum absolute atomic E-state index is 0.123. The van der Waals surface area contributed by atoms with Crippen molar-refractivity contribution in [3.8, 4) is 22.3 Å². The second-order valence-corrected chi connectivity index (χ2v) is 17.9. The first-order valence-electron chi connectivity index (χ1n) is 18.2. The van der Waals surface area contributed by atoms with E-state index in [0.29, 0.717) is 0 Å². The van der Waals surface area contributed by atoms with Crippen LogP contribution in [0, 0.1) is 0 Å². The maximum Gasteiger partial charge on any atom is 0.248 e. The lowest BCUT2D eigenvalue weighted by atomic mass is 9.36. The lowest BCUT2D eigenvalue weighted by Gasteiger charge is -2.45. The number of hydrogen-bond acceptors (Lipinski definition) is 1. The molecule has 2 heteroatoms. The van der Waals surface area contributed by atoms with E-state index in [-0.39, 0.29) is 28.4 Å². The summed E-state index contributed by atoms with van der Waals surface area (Å²) in [6.07, 6.45) is 4.86. The fourth-order valence-electron chi connectivity index (χ4n) is 9.79. The molecule has 0 unspecified atom stereocenters. The van der Waals surface area contributed by atoms with E-state index < -0.39 is 0 Å². The average molecular weight is 626 g/mol. The Morgan fingerprint density at radius 3 is 1.73 bits per heavy atom. The fraction of sp³-hybridized carbons (Fsp3) is 0.348. The first kappa shape index (κ1) is 30.1. The maximum absolute atomic E-state index is 2.67. The number of anilines is 3. The van der Waals surface area contributed by atoms with Crippen molar-refractivity contribution in [3.05, 3.63) is 119 Å². The van der Waals surface area contributed by atoms with Gasteiger partial charge in [0.25, 0.3) is 0 Å². The third-order valence-electron chi connectivity index (χ3n) is 13.0. The molecule has 240 valence electrons. The lowest BCUT2D eigenvalue weighted by molar-refractivity contribution is 0.332. The summed E-state index contributed by atoms with van der Waals surface area (Å²) in [5.74, 6) is 0. The molecule has 0 aromatic heterocycles. The van der Waals surface area contributed by atoms with Gasteiger partial charge in [-0.3, -0.25) is 0 Å². The van der Waals surface area contributed by atoms with Crippen LogP contribution >= 0.6 is 0 Å². The highest BCUT2D eigenvalue weighted by atomic mass is 15.2. The Kier molecular flexibility index (Phi) is 6.12. The van der Waals surface area contributed by atoms with Crippen molar-refractivity contribution in [3.63, 3.8) is 0 Å². The Hall–Kier alpha value is -4.04. The van der Waals surface area contributed by atoms with E-state index in [4.69, 9.17) is 0 Å². The molecule has 0 radical (unpaired) electrons. The molecule has 0 fully saturated rings. The molecule has 0 bridgehead atoms. The molecule has 0 spiro atoms. The molecule has 0 N–H and O–H groups in total. The van der Waals surface area contributed by atoms with Gasteiger partial charge < -0.3 is 4.90 Å². The highest BCUT2D eigenvalue weighted by Crippen LogP contribution is 2.52. The van der Waals surface area contributed by atoms with Gasteiger partial charge in [0, 0.05) is 17.1 Å². The van der Waals surface area contributed by atoms with Gasteiger partial charge in [-0.2, -0.15) is 0 Å². The van der Waals surface area contributed by atoms with Crippen LogP contribution in [-0.4, -0.2) is 6.71 Å². The van der Waals surface area contributed by atoms with Crippen molar-refractivity contribution in [1.82, 2.24) is 0 Å². The van der Waals surface area contributed by atoms with Crippen LogP contribution in [0.25, 0.3) is 22.3 Å². The van der Waals surface area contributed by atoms with Crippen LogP contribution < -0.4 is 21.3 Å². The first-order valence-corrected chi connectivity index (χ1v) is 18.2. The molecule has 0 saturated heterocycles. The molecule has 5 aromatic rings. The van der Waals surface area contributed by atoms with Gasteiger partial charge in [-0.15, -0.1) is 0 Å². The van der Waals surface area contributed by atoms with Crippen LogP contribution in [0.15, 0.2) is 97.1 Å². The molecule has 2 aliphatic carbocycles. The summed E-state index contributed by atoms with van der Waals surface area (Å²) in [5, 5.41) is 0. The van der Waals surface area contributed by atoms with Crippen molar-refractivity contribution in [2.75, 3.05) is 4.90 Å². The molecular weight excluding hydrogens is 577 g/mol. The molecule has 0 atom stereocenters. The number of rotatable bonds is 2. The van der Waals surface area contributed by atoms with Gasteiger partial charge in [0.1, 0.15) is 0 Å². The van der Waals surface area contributed by atoms with Gasteiger partial charge in [0.15, 0.2) is 0 Å². The Morgan fingerprint density at radius 2 is 1.04 bits per heavy atom. The normalized spacial score (nSPS) is 19.9. The van der Waals surface area contributed by atoms with Crippen molar-refractivity contribution >= 4 is 40.2 Å². The van der Waals surface area contributed by atoms with Crippen LogP contribution in [0.4, 0.5) is 17.1 Å². The van der Waals surface area contributed by atoms with Crippen LogP contribution in [0.2, 0.25) is 0 Å². The van der Waals surface area contributed by atoms with Gasteiger partial charge in [-0.25, -0.2) is 0 Å². The van der Waals surface area contributed by atoms with Gasteiger partial charge in [-0.05, 0) is 133 Å². The van der Waals surface area contributed by atoms with E-state index >= 15 is 0 Å². The van der Waals surface area contributed by atoms with Gasteiger partial charge in [0.2, 0.25) is 6.71 Å². The predicted molar refractivity (Wildman–Crippen MR) is 207 cm³/mol. The van der Waals surface area contributed by atoms with Crippen LogP contribution in [0.5, 0.6) is 0 Å². The topological polar surface area (TPSA) is 3.24 Å². The Bertz CT molecular complexity index is 2150. The number of fused-ring (bicyclic) bond motifs is 7. The maximum atomic E-state index is 2.67. The predicted octanol–water partition coefficient (Wildman–Crippen LogP) is 10.3. The molecule has 5 aromatic carbocycles. The zero-order valence-electron chi connectivity index (χ0n) is 30.1. The Labute approximate surface area is 288 Å². The summed E-state index contributed by atoms with van der Waals surface area (Å²) < 4.78 is 0. The Morgan fingerprint density at radius 1 is 0.458 bits per heavy atom. The molecule has 9 rings (SSSR count). The van der Waals surface area contributed by atoms with E-state index in [9.17, 15) is 0 Å². The summed E-state index contributed by atoms with van der Waals surface area (Å²) in [6, 6.07) is 37.9. The minimum atomic E-state index is 0.123. The van der Waals surface area contributed by atoms with E-state index in [1.807, 2.05) is 0 Å². The SMILES string of the molecule is CC1(C)CCC(C)(C)c2cc(N3c4cc5c(cc4B4c6ccccc6-c6cc(-c7ccccc7)cc3c64)C(C)(C)CCC5(C)C)ccc21. The summed E-state index contributed by atoms with van der Waals surface area (Å²) in [4.78, 5) is 2.67. The number of nitrogens with zero attached hydrogens (tertiary/aromatic N) is 1. The monoisotopic (exact) mass is 625 g/mol. The van der Waals surface area contributed by atoms with Crippen LogP contribution in [0.1, 0.15) is 103 Å². The van der Waals surface area contributed by atoms with Crippen molar-refractivity contribution < 1.29 is 0 Å². The summed E-state index contributed by atoms with van der Waals surface area (Å²) >= 11 is 0.